The van der Waals surface area contributed by atoms with Crippen LogP contribution in [0.3, 0.4) is 0 Å². The molecule has 5 rings (SSSR count). The predicted octanol–water partition coefficient (Wildman–Crippen LogP) is 2.08. The molecule has 1 atom stereocenters. The van der Waals surface area contributed by atoms with Crippen LogP contribution in [0.15, 0.2) is 30.5 Å². The zero-order valence-electron chi connectivity index (χ0n) is 14.1. The predicted molar refractivity (Wildman–Crippen MR) is 95.2 cm³/mol. The molecule has 0 radical (unpaired) electrons. The standard InChI is InChI=1S/C19H18N4O3/c24-19-13-9-16(22-14(13)4-7-21-19)12-3-6-20-15-1-2-17(23-18(12)15)26-10-11-5-8-25-11/h1-3,6,9,11,22H,4-5,7-8,10H2,(H,21,24)/t11-/m0/s1. The van der Waals surface area contributed by atoms with Crippen molar-refractivity contribution in [3.63, 3.8) is 0 Å². The van der Waals surface area contributed by atoms with E-state index in [0.29, 0.717) is 24.6 Å². The quantitative estimate of drug-likeness (QED) is 0.752. The van der Waals surface area contributed by atoms with E-state index in [4.69, 9.17) is 9.47 Å². The van der Waals surface area contributed by atoms with Crippen LogP contribution in [0.25, 0.3) is 22.3 Å². The minimum atomic E-state index is -0.0374. The molecular formula is C19H18N4O3. The minimum Gasteiger partial charge on any atom is -0.475 e. The summed E-state index contributed by atoms with van der Waals surface area (Å²) in [5, 5.41) is 2.87. The maximum atomic E-state index is 12.0. The van der Waals surface area contributed by atoms with E-state index in [0.717, 1.165) is 47.4 Å². The Bertz CT molecular complexity index is 994. The number of nitrogens with one attached hydrogen (secondary N) is 2. The van der Waals surface area contributed by atoms with Gasteiger partial charge in [0.05, 0.1) is 17.2 Å². The first-order valence-electron chi connectivity index (χ1n) is 8.78. The molecule has 1 fully saturated rings. The summed E-state index contributed by atoms with van der Waals surface area (Å²) in [6.45, 7) is 1.96. The van der Waals surface area contributed by atoms with Gasteiger partial charge in [-0.25, -0.2) is 4.98 Å². The number of carbonyl (C=O) groups is 1. The molecule has 132 valence electrons. The third-order valence-corrected chi connectivity index (χ3v) is 4.86. The van der Waals surface area contributed by atoms with Crippen molar-refractivity contribution in [2.24, 2.45) is 0 Å². The molecule has 1 amide bonds. The molecule has 0 spiro atoms. The van der Waals surface area contributed by atoms with E-state index in [1.807, 2.05) is 24.3 Å². The van der Waals surface area contributed by atoms with E-state index in [2.05, 4.69) is 20.3 Å². The Kier molecular flexibility index (Phi) is 3.60. The van der Waals surface area contributed by atoms with Crippen molar-refractivity contribution in [2.45, 2.75) is 18.9 Å². The Morgan fingerprint density at radius 3 is 3.00 bits per heavy atom. The number of H-pyrrole nitrogens is 1. The SMILES string of the molecule is O=C1NCCc2[nH]c(-c3ccnc4ccc(OC[C@@H]5CCO5)nc34)cc21. The number of hydrogen-bond acceptors (Lipinski definition) is 5. The Morgan fingerprint density at radius 1 is 1.27 bits per heavy atom. The fraction of sp³-hybridized carbons (Fsp3) is 0.316. The second-order valence-electron chi connectivity index (χ2n) is 6.55. The number of carbonyl (C=O) groups excluding carboxylic acids is 1. The number of hydrogen-bond donors (Lipinski definition) is 2. The fourth-order valence-corrected chi connectivity index (χ4v) is 3.34. The van der Waals surface area contributed by atoms with Crippen LogP contribution in [0.2, 0.25) is 0 Å². The topological polar surface area (TPSA) is 89.1 Å². The fourth-order valence-electron chi connectivity index (χ4n) is 3.34. The first-order chi connectivity index (χ1) is 12.8. The van der Waals surface area contributed by atoms with Gasteiger partial charge in [-0.05, 0) is 18.2 Å². The summed E-state index contributed by atoms with van der Waals surface area (Å²) in [7, 11) is 0. The number of fused-ring (bicyclic) bond motifs is 2. The molecule has 2 aliphatic heterocycles. The van der Waals surface area contributed by atoms with E-state index < -0.39 is 0 Å². The average molecular weight is 350 g/mol. The van der Waals surface area contributed by atoms with E-state index in [1.165, 1.54) is 0 Å². The average Bonchev–Trinajstić information content (AvgIpc) is 3.05. The molecule has 5 heterocycles. The molecule has 26 heavy (non-hydrogen) atoms. The first kappa shape index (κ1) is 15.3. The maximum absolute atomic E-state index is 12.0. The lowest BCUT2D eigenvalue weighted by molar-refractivity contribution is -0.0726. The molecule has 7 heteroatoms. The van der Waals surface area contributed by atoms with Crippen molar-refractivity contribution < 1.29 is 14.3 Å². The van der Waals surface area contributed by atoms with Crippen LogP contribution in [-0.4, -0.2) is 46.7 Å². The van der Waals surface area contributed by atoms with Crippen LogP contribution in [0, 0.1) is 0 Å². The lowest BCUT2D eigenvalue weighted by Gasteiger charge is -2.25. The molecule has 3 aromatic rings. The molecule has 0 aromatic carbocycles. The van der Waals surface area contributed by atoms with Crippen LogP contribution < -0.4 is 10.1 Å². The minimum absolute atomic E-state index is 0.0374. The summed E-state index contributed by atoms with van der Waals surface area (Å²) in [5.74, 6) is 0.515. The highest BCUT2D eigenvalue weighted by Crippen LogP contribution is 2.29. The van der Waals surface area contributed by atoms with Crippen molar-refractivity contribution >= 4 is 16.9 Å². The third kappa shape index (κ3) is 2.61. The highest BCUT2D eigenvalue weighted by Gasteiger charge is 2.22. The summed E-state index contributed by atoms with van der Waals surface area (Å²) in [5.41, 5.74) is 4.97. The zero-order valence-corrected chi connectivity index (χ0v) is 14.1. The number of amides is 1. The van der Waals surface area contributed by atoms with Crippen LogP contribution in [0.4, 0.5) is 0 Å². The number of aromatic amines is 1. The van der Waals surface area contributed by atoms with Gasteiger partial charge in [0.25, 0.3) is 5.91 Å². The summed E-state index contributed by atoms with van der Waals surface area (Å²) in [6.07, 6.45) is 3.74. The van der Waals surface area contributed by atoms with E-state index >= 15 is 0 Å². The number of aromatic nitrogens is 3. The molecule has 2 N–H and O–H groups in total. The van der Waals surface area contributed by atoms with Gasteiger partial charge in [0.15, 0.2) is 0 Å². The lowest BCUT2D eigenvalue weighted by atomic mass is 10.1. The second kappa shape index (κ2) is 6.10. The van der Waals surface area contributed by atoms with Crippen LogP contribution in [0.5, 0.6) is 5.88 Å². The molecule has 0 unspecified atom stereocenters. The van der Waals surface area contributed by atoms with Crippen LogP contribution >= 0.6 is 0 Å². The van der Waals surface area contributed by atoms with Gasteiger partial charge in [-0.15, -0.1) is 0 Å². The highest BCUT2D eigenvalue weighted by atomic mass is 16.5. The highest BCUT2D eigenvalue weighted by molar-refractivity contribution is 5.99. The van der Waals surface area contributed by atoms with Crippen molar-refractivity contribution in [3.8, 4) is 17.1 Å². The van der Waals surface area contributed by atoms with Crippen molar-refractivity contribution in [1.82, 2.24) is 20.3 Å². The van der Waals surface area contributed by atoms with Gasteiger partial charge in [-0.1, -0.05) is 0 Å². The number of ether oxygens (including phenoxy) is 2. The summed E-state index contributed by atoms with van der Waals surface area (Å²) in [6, 6.07) is 7.52. The van der Waals surface area contributed by atoms with E-state index in [9.17, 15) is 4.79 Å². The molecule has 1 saturated heterocycles. The Morgan fingerprint density at radius 2 is 2.19 bits per heavy atom. The largest absolute Gasteiger partial charge is 0.475 e. The Balaban J connectivity index is 1.53. The van der Waals surface area contributed by atoms with Gasteiger partial charge in [-0.2, -0.15) is 0 Å². The smallest absolute Gasteiger partial charge is 0.253 e. The molecule has 3 aromatic heterocycles. The molecule has 2 aliphatic rings. The molecule has 0 bridgehead atoms. The van der Waals surface area contributed by atoms with Crippen LogP contribution in [0.1, 0.15) is 22.5 Å². The van der Waals surface area contributed by atoms with Gasteiger partial charge in [-0.3, -0.25) is 9.78 Å². The van der Waals surface area contributed by atoms with Gasteiger partial charge in [0.1, 0.15) is 12.1 Å². The summed E-state index contributed by atoms with van der Waals surface area (Å²) >= 11 is 0. The third-order valence-electron chi connectivity index (χ3n) is 4.86. The number of rotatable bonds is 4. The number of nitrogens with zero attached hydrogens (tertiary/aromatic N) is 2. The molecule has 0 aliphatic carbocycles. The van der Waals surface area contributed by atoms with Gasteiger partial charge >= 0.3 is 0 Å². The second-order valence-corrected chi connectivity index (χ2v) is 6.55. The normalized spacial score (nSPS) is 18.9. The summed E-state index contributed by atoms with van der Waals surface area (Å²) < 4.78 is 11.2. The number of pyridine rings is 2. The van der Waals surface area contributed by atoms with Gasteiger partial charge in [0.2, 0.25) is 5.88 Å². The van der Waals surface area contributed by atoms with Crippen molar-refractivity contribution in [3.05, 3.63) is 41.7 Å². The van der Waals surface area contributed by atoms with E-state index in [-0.39, 0.29) is 12.0 Å². The maximum Gasteiger partial charge on any atom is 0.253 e. The Labute approximate surface area is 149 Å². The first-order valence-corrected chi connectivity index (χ1v) is 8.78. The zero-order chi connectivity index (χ0) is 17.5. The van der Waals surface area contributed by atoms with Crippen molar-refractivity contribution in [1.29, 1.82) is 0 Å². The molecular weight excluding hydrogens is 332 g/mol. The van der Waals surface area contributed by atoms with E-state index in [1.54, 1.807) is 6.20 Å². The summed E-state index contributed by atoms with van der Waals surface area (Å²) in [4.78, 5) is 24.4. The van der Waals surface area contributed by atoms with Gasteiger partial charge in [0, 0.05) is 55.2 Å². The van der Waals surface area contributed by atoms with Crippen molar-refractivity contribution in [2.75, 3.05) is 19.8 Å². The van der Waals surface area contributed by atoms with Gasteiger partial charge < -0.3 is 19.8 Å². The monoisotopic (exact) mass is 350 g/mol. The Hall–Kier alpha value is -2.93. The molecule has 0 saturated carbocycles. The molecule has 7 nitrogen and oxygen atoms in total. The van der Waals surface area contributed by atoms with Crippen LogP contribution in [-0.2, 0) is 11.2 Å². The lowest BCUT2D eigenvalue weighted by Crippen LogP contribution is -2.32.